The van der Waals surface area contributed by atoms with Crippen molar-refractivity contribution < 1.29 is 9.84 Å². The number of nitriles is 1. The third-order valence-electron chi connectivity index (χ3n) is 3.46. The third-order valence-corrected chi connectivity index (χ3v) is 3.46. The Morgan fingerprint density at radius 1 is 1.38 bits per heavy atom. The monoisotopic (exact) mass is 333 g/mol. The second-order valence-corrected chi connectivity index (χ2v) is 4.60. The molecule has 2 N–H and O–H groups in total. The molecule has 0 unspecified atom stereocenters. The average molecular weight is 334 g/mol. The highest BCUT2D eigenvalue weighted by molar-refractivity contribution is 5.85. The van der Waals surface area contributed by atoms with Crippen molar-refractivity contribution in [3.8, 4) is 17.6 Å². The number of ether oxygens (including phenoxy) is 1. The predicted molar refractivity (Wildman–Crippen MR) is 86.6 cm³/mol. The van der Waals surface area contributed by atoms with Crippen LogP contribution in [0.25, 0.3) is 0 Å². The number of hydrogen-bond acceptors (Lipinski definition) is 5. The molecule has 1 aliphatic heterocycles. The molecule has 1 aromatic rings. The van der Waals surface area contributed by atoms with Crippen molar-refractivity contribution in [1.29, 1.82) is 5.26 Å². The van der Waals surface area contributed by atoms with Crippen LogP contribution in [0.2, 0.25) is 0 Å². The van der Waals surface area contributed by atoms with E-state index in [0.717, 1.165) is 31.7 Å². The summed E-state index contributed by atoms with van der Waals surface area (Å²) in [6, 6.07) is 7.63. The standard InChI is InChI=1S/C14H19N3O2.2ClH/c1-19-14-3-2-11(10-13(14)18)12(4-5-15)17-8-6-16-7-9-17;;/h2-3,10,12,16,18H,4,6-9H2,1H3;2*1H/t12-;;/m0../s1. The van der Waals surface area contributed by atoms with Gasteiger partial charge in [-0.25, -0.2) is 0 Å². The summed E-state index contributed by atoms with van der Waals surface area (Å²) >= 11 is 0. The summed E-state index contributed by atoms with van der Waals surface area (Å²) in [4.78, 5) is 2.28. The minimum atomic E-state index is 0. The molecule has 0 spiro atoms. The SMILES string of the molecule is COc1ccc([C@H](CC#N)N2CCNCC2)cc1O.Cl.Cl. The Morgan fingerprint density at radius 3 is 2.57 bits per heavy atom. The highest BCUT2D eigenvalue weighted by Gasteiger charge is 2.22. The molecule has 1 saturated heterocycles. The van der Waals surface area contributed by atoms with Crippen LogP contribution in [0.3, 0.4) is 0 Å². The molecule has 1 aromatic carbocycles. The van der Waals surface area contributed by atoms with Gasteiger partial charge in [-0.3, -0.25) is 4.90 Å². The van der Waals surface area contributed by atoms with Gasteiger partial charge in [-0.05, 0) is 17.7 Å². The lowest BCUT2D eigenvalue weighted by molar-refractivity contribution is 0.175. The minimum Gasteiger partial charge on any atom is -0.504 e. The zero-order chi connectivity index (χ0) is 13.7. The highest BCUT2D eigenvalue weighted by Crippen LogP contribution is 2.32. The first-order valence-electron chi connectivity index (χ1n) is 6.45. The van der Waals surface area contributed by atoms with Crippen LogP contribution in [-0.2, 0) is 0 Å². The zero-order valence-electron chi connectivity index (χ0n) is 11.9. The molecule has 0 aromatic heterocycles. The Bertz CT molecular complexity index is 474. The predicted octanol–water partition coefficient (Wildman–Crippen LogP) is 2.10. The van der Waals surface area contributed by atoms with Gasteiger partial charge in [0.2, 0.25) is 0 Å². The van der Waals surface area contributed by atoms with E-state index in [1.807, 2.05) is 6.07 Å². The van der Waals surface area contributed by atoms with Gasteiger partial charge in [0.1, 0.15) is 0 Å². The van der Waals surface area contributed by atoms with Crippen molar-refractivity contribution in [3.63, 3.8) is 0 Å². The lowest BCUT2D eigenvalue weighted by Crippen LogP contribution is -2.45. The van der Waals surface area contributed by atoms with Crippen LogP contribution >= 0.6 is 24.8 Å². The number of halogens is 2. The minimum absolute atomic E-state index is 0. The molecule has 1 atom stereocenters. The van der Waals surface area contributed by atoms with Gasteiger partial charge >= 0.3 is 0 Å². The molecule has 0 saturated carbocycles. The van der Waals surface area contributed by atoms with E-state index < -0.39 is 0 Å². The van der Waals surface area contributed by atoms with Crippen molar-refractivity contribution >= 4 is 24.8 Å². The second kappa shape index (κ2) is 9.69. The van der Waals surface area contributed by atoms with Gasteiger partial charge in [-0.15, -0.1) is 24.8 Å². The summed E-state index contributed by atoms with van der Waals surface area (Å²) in [6.45, 7) is 3.70. The van der Waals surface area contributed by atoms with Crippen molar-refractivity contribution in [2.75, 3.05) is 33.3 Å². The fourth-order valence-corrected chi connectivity index (χ4v) is 2.45. The summed E-state index contributed by atoms with van der Waals surface area (Å²) in [5.74, 6) is 0.581. The van der Waals surface area contributed by atoms with E-state index in [0.29, 0.717) is 12.2 Å². The van der Waals surface area contributed by atoms with Crippen molar-refractivity contribution in [3.05, 3.63) is 23.8 Å². The number of hydrogen-bond donors (Lipinski definition) is 2. The van der Waals surface area contributed by atoms with Gasteiger partial charge in [0.25, 0.3) is 0 Å². The van der Waals surface area contributed by atoms with Gasteiger partial charge in [0.05, 0.1) is 19.6 Å². The molecule has 0 bridgehead atoms. The maximum absolute atomic E-state index is 9.87. The lowest BCUT2D eigenvalue weighted by atomic mass is 10.0. The largest absolute Gasteiger partial charge is 0.504 e. The Hall–Kier alpha value is -1.19. The maximum Gasteiger partial charge on any atom is 0.160 e. The molecule has 5 nitrogen and oxygen atoms in total. The van der Waals surface area contributed by atoms with Crippen LogP contribution in [0.15, 0.2) is 18.2 Å². The zero-order valence-corrected chi connectivity index (χ0v) is 13.5. The summed E-state index contributed by atoms with van der Waals surface area (Å²) in [5.41, 5.74) is 0.960. The first kappa shape index (κ1) is 19.8. The number of rotatable bonds is 4. The average Bonchev–Trinajstić information content (AvgIpc) is 2.45. The molecular weight excluding hydrogens is 313 g/mol. The summed E-state index contributed by atoms with van der Waals surface area (Å²) in [7, 11) is 1.53. The molecule has 0 radical (unpaired) electrons. The number of benzene rings is 1. The number of methoxy groups -OCH3 is 1. The van der Waals surface area contributed by atoms with Gasteiger partial charge in [0, 0.05) is 32.2 Å². The molecule has 7 heteroatoms. The number of aromatic hydroxyl groups is 1. The van der Waals surface area contributed by atoms with Crippen molar-refractivity contribution in [1.82, 2.24) is 10.2 Å². The Labute approximate surface area is 137 Å². The van der Waals surface area contributed by atoms with Gasteiger partial charge < -0.3 is 15.2 Å². The Balaban J connectivity index is 0.00000200. The third kappa shape index (κ3) is 4.94. The normalized spacial score (nSPS) is 16.0. The van der Waals surface area contributed by atoms with E-state index in [1.165, 1.54) is 7.11 Å². The molecular formula is C14H21Cl2N3O2. The number of phenols is 1. The quantitative estimate of drug-likeness (QED) is 0.883. The van der Waals surface area contributed by atoms with Crippen LogP contribution in [-0.4, -0.2) is 43.3 Å². The number of nitrogens with one attached hydrogen (secondary N) is 1. The lowest BCUT2D eigenvalue weighted by Gasteiger charge is -2.34. The smallest absolute Gasteiger partial charge is 0.160 e. The first-order chi connectivity index (χ1) is 9.26. The van der Waals surface area contributed by atoms with E-state index in [-0.39, 0.29) is 36.6 Å². The summed E-state index contributed by atoms with van der Waals surface area (Å²) in [5, 5.41) is 22.2. The number of phenolic OH excluding ortho intramolecular Hbond substituents is 1. The first-order valence-corrected chi connectivity index (χ1v) is 6.45. The Kier molecular flexibility index (Phi) is 9.14. The summed E-state index contributed by atoms with van der Waals surface area (Å²) in [6.07, 6.45) is 0.422. The molecule has 2 rings (SSSR count). The van der Waals surface area contributed by atoms with E-state index in [2.05, 4.69) is 16.3 Å². The van der Waals surface area contributed by atoms with Crippen LogP contribution in [0.1, 0.15) is 18.0 Å². The van der Waals surface area contributed by atoms with Crippen molar-refractivity contribution in [2.24, 2.45) is 0 Å². The van der Waals surface area contributed by atoms with Crippen LogP contribution in [0.5, 0.6) is 11.5 Å². The Morgan fingerprint density at radius 2 is 2.05 bits per heavy atom. The molecule has 0 aliphatic carbocycles. The van der Waals surface area contributed by atoms with E-state index >= 15 is 0 Å². The molecule has 1 aliphatic rings. The molecule has 0 amide bonds. The van der Waals surface area contributed by atoms with E-state index in [1.54, 1.807) is 12.1 Å². The summed E-state index contributed by atoms with van der Waals surface area (Å²) < 4.78 is 5.05. The molecule has 118 valence electrons. The number of piperazine rings is 1. The fraction of sp³-hybridized carbons (Fsp3) is 0.500. The van der Waals surface area contributed by atoms with Crippen LogP contribution < -0.4 is 10.1 Å². The number of nitrogens with zero attached hydrogens (tertiary/aromatic N) is 2. The van der Waals surface area contributed by atoms with Gasteiger partial charge in [0.15, 0.2) is 11.5 Å². The molecule has 1 heterocycles. The van der Waals surface area contributed by atoms with E-state index in [4.69, 9.17) is 10.00 Å². The van der Waals surface area contributed by atoms with Gasteiger partial charge in [-0.2, -0.15) is 5.26 Å². The van der Waals surface area contributed by atoms with Crippen LogP contribution in [0.4, 0.5) is 0 Å². The van der Waals surface area contributed by atoms with Crippen molar-refractivity contribution in [2.45, 2.75) is 12.5 Å². The second-order valence-electron chi connectivity index (χ2n) is 4.60. The highest BCUT2D eigenvalue weighted by atomic mass is 35.5. The maximum atomic E-state index is 9.87. The molecule has 21 heavy (non-hydrogen) atoms. The van der Waals surface area contributed by atoms with E-state index in [9.17, 15) is 5.11 Å². The molecule has 1 fully saturated rings. The van der Waals surface area contributed by atoms with Crippen LogP contribution in [0, 0.1) is 11.3 Å². The topological polar surface area (TPSA) is 68.5 Å². The van der Waals surface area contributed by atoms with Gasteiger partial charge in [-0.1, -0.05) is 6.07 Å². The fourth-order valence-electron chi connectivity index (χ4n) is 2.45.